The highest BCUT2D eigenvalue weighted by Gasteiger charge is 2.19. The average Bonchev–Trinajstić information content (AvgIpc) is 2.49. The van der Waals surface area contributed by atoms with Crippen molar-refractivity contribution in [2.45, 2.75) is 39.3 Å². The molecule has 0 saturated carbocycles. The quantitative estimate of drug-likeness (QED) is 0.872. The molecule has 0 amide bonds. The van der Waals surface area contributed by atoms with Gasteiger partial charge < -0.3 is 5.11 Å². The summed E-state index contributed by atoms with van der Waals surface area (Å²) in [5.74, 6) is -0.774. The van der Waals surface area contributed by atoms with Gasteiger partial charge in [0, 0.05) is 38.8 Å². The number of rotatable bonds is 6. The van der Waals surface area contributed by atoms with Crippen molar-refractivity contribution in [3.63, 3.8) is 0 Å². The molecule has 1 heterocycles. The van der Waals surface area contributed by atoms with Crippen LogP contribution in [0.5, 0.6) is 0 Å². The lowest BCUT2D eigenvalue weighted by molar-refractivity contribution is -0.136. The molecule has 2 rings (SSSR count). The van der Waals surface area contributed by atoms with Crippen molar-refractivity contribution >= 4 is 5.97 Å². The number of carboxylic acids is 1. The van der Waals surface area contributed by atoms with Crippen LogP contribution in [-0.2, 0) is 17.8 Å². The van der Waals surface area contributed by atoms with Gasteiger partial charge in [0.15, 0.2) is 0 Å². The SMILES string of the molecule is CCC(C)N1CCN(Cc2ccc(CC(=O)O)cc2)CC1. The fourth-order valence-electron chi connectivity index (χ4n) is 2.82. The molecule has 0 radical (unpaired) electrons. The van der Waals surface area contributed by atoms with E-state index < -0.39 is 5.97 Å². The van der Waals surface area contributed by atoms with Crippen molar-refractivity contribution in [1.29, 1.82) is 0 Å². The highest BCUT2D eigenvalue weighted by atomic mass is 16.4. The molecule has 1 aromatic carbocycles. The molecule has 1 fully saturated rings. The summed E-state index contributed by atoms with van der Waals surface area (Å²) in [7, 11) is 0. The van der Waals surface area contributed by atoms with Crippen LogP contribution in [0.15, 0.2) is 24.3 Å². The van der Waals surface area contributed by atoms with Crippen molar-refractivity contribution in [2.24, 2.45) is 0 Å². The van der Waals surface area contributed by atoms with E-state index >= 15 is 0 Å². The van der Waals surface area contributed by atoms with Gasteiger partial charge in [-0.3, -0.25) is 14.6 Å². The molecule has 1 atom stereocenters. The molecule has 1 N–H and O–H groups in total. The van der Waals surface area contributed by atoms with Crippen molar-refractivity contribution in [1.82, 2.24) is 9.80 Å². The summed E-state index contributed by atoms with van der Waals surface area (Å²) in [6, 6.07) is 8.65. The van der Waals surface area contributed by atoms with Crippen molar-refractivity contribution < 1.29 is 9.90 Å². The van der Waals surface area contributed by atoms with Gasteiger partial charge >= 0.3 is 5.97 Å². The smallest absolute Gasteiger partial charge is 0.307 e. The molecule has 0 bridgehead atoms. The van der Waals surface area contributed by atoms with E-state index in [0.717, 1.165) is 38.3 Å². The van der Waals surface area contributed by atoms with Gasteiger partial charge in [0.2, 0.25) is 0 Å². The second-order valence-electron chi connectivity index (χ2n) is 5.96. The van der Waals surface area contributed by atoms with Gasteiger partial charge in [-0.15, -0.1) is 0 Å². The standard InChI is InChI=1S/C17H26N2O2/c1-3-14(2)19-10-8-18(9-11-19)13-16-6-4-15(5-7-16)12-17(20)21/h4-7,14H,3,8-13H2,1-2H3,(H,20,21). The summed E-state index contributed by atoms with van der Waals surface area (Å²) in [6.07, 6.45) is 1.32. The predicted octanol–water partition coefficient (Wildman–Crippen LogP) is 2.23. The number of benzene rings is 1. The first-order chi connectivity index (χ1) is 10.1. The van der Waals surface area contributed by atoms with E-state index in [2.05, 4.69) is 35.8 Å². The zero-order valence-corrected chi connectivity index (χ0v) is 13.1. The Morgan fingerprint density at radius 1 is 1.14 bits per heavy atom. The maximum absolute atomic E-state index is 10.7. The van der Waals surface area contributed by atoms with Crippen LogP contribution in [0.25, 0.3) is 0 Å². The first-order valence-electron chi connectivity index (χ1n) is 7.84. The average molecular weight is 290 g/mol. The maximum atomic E-state index is 10.7. The molecule has 116 valence electrons. The van der Waals surface area contributed by atoms with E-state index in [4.69, 9.17) is 5.11 Å². The van der Waals surface area contributed by atoms with Gasteiger partial charge in [-0.2, -0.15) is 0 Å². The topological polar surface area (TPSA) is 43.8 Å². The Bertz CT molecular complexity index is 450. The monoisotopic (exact) mass is 290 g/mol. The number of nitrogens with zero attached hydrogens (tertiary/aromatic N) is 2. The number of aliphatic carboxylic acids is 1. The predicted molar refractivity (Wildman–Crippen MR) is 84.4 cm³/mol. The lowest BCUT2D eigenvalue weighted by Gasteiger charge is -2.37. The largest absolute Gasteiger partial charge is 0.481 e. The minimum absolute atomic E-state index is 0.105. The van der Waals surface area contributed by atoms with Crippen LogP contribution in [-0.4, -0.2) is 53.1 Å². The minimum Gasteiger partial charge on any atom is -0.481 e. The molecule has 4 heteroatoms. The summed E-state index contributed by atoms with van der Waals surface area (Å²) in [5.41, 5.74) is 2.13. The summed E-state index contributed by atoms with van der Waals surface area (Å²) in [6.45, 7) is 10.0. The molecule has 0 spiro atoms. The summed E-state index contributed by atoms with van der Waals surface area (Å²) >= 11 is 0. The lowest BCUT2D eigenvalue weighted by atomic mass is 10.1. The zero-order valence-electron chi connectivity index (χ0n) is 13.1. The van der Waals surface area contributed by atoms with E-state index in [1.165, 1.54) is 12.0 Å². The second-order valence-corrected chi connectivity index (χ2v) is 5.96. The molecule has 1 unspecified atom stereocenters. The molecule has 1 aliphatic rings. The van der Waals surface area contributed by atoms with Crippen LogP contribution in [0.4, 0.5) is 0 Å². The Balaban J connectivity index is 1.82. The van der Waals surface area contributed by atoms with E-state index in [0.29, 0.717) is 6.04 Å². The van der Waals surface area contributed by atoms with Crippen LogP contribution in [0.3, 0.4) is 0 Å². The third-order valence-electron chi connectivity index (χ3n) is 4.41. The number of carbonyl (C=O) groups is 1. The molecule has 0 aliphatic carbocycles. The first kappa shape index (κ1) is 16.0. The van der Waals surface area contributed by atoms with Crippen LogP contribution in [0.2, 0.25) is 0 Å². The zero-order chi connectivity index (χ0) is 15.2. The Morgan fingerprint density at radius 2 is 1.71 bits per heavy atom. The summed E-state index contributed by atoms with van der Waals surface area (Å²) < 4.78 is 0. The Labute approximate surface area is 127 Å². The van der Waals surface area contributed by atoms with Crippen LogP contribution >= 0.6 is 0 Å². The van der Waals surface area contributed by atoms with Crippen molar-refractivity contribution in [3.05, 3.63) is 35.4 Å². The summed E-state index contributed by atoms with van der Waals surface area (Å²) in [5, 5.41) is 8.77. The van der Waals surface area contributed by atoms with Crippen molar-refractivity contribution in [3.8, 4) is 0 Å². The number of carboxylic acid groups (broad SMARTS) is 1. The third-order valence-corrected chi connectivity index (χ3v) is 4.41. The molecule has 0 aromatic heterocycles. The molecule has 4 nitrogen and oxygen atoms in total. The van der Waals surface area contributed by atoms with Gasteiger partial charge in [0.05, 0.1) is 6.42 Å². The lowest BCUT2D eigenvalue weighted by Crippen LogP contribution is -2.48. The molecule has 21 heavy (non-hydrogen) atoms. The normalized spacial score (nSPS) is 18.6. The third kappa shape index (κ3) is 4.83. The van der Waals surface area contributed by atoms with Gasteiger partial charge in [-0.25, -0.2) is 0 Å². The number of piperazine rings is 1. The Kier molecular flexibility index (Phi) is 5.76. The molecule has 1 aliphatic heterocycles. The van der Waals surface area contributed by atoms with E-state index in [9.17, 15) is 4.79 Å². The fraction of sp³-hybridized carbons (Fsp3) is 0.588. The fourth-order valence-corrected chi connectivity index (χ4v) is 2.82. The van der Waals surface area contributed by atoms with Gasteiger partial charge in [0.25, 0.3) is 0 Å². The molecular formula is C17H26N2O2. The first-order valence-corrected chi connectivity index (χ1v) is 7.84. The van der Waals surface area contributed by atoms with Gasteiger partial charge in [0.1, 0.15) is 0 Å². The highest BCUT2D eigenvalue weighted by molar-refractivity contribution is 5.70. The van der Waals surface area contributed by atoms with Crippen LogP contribution < -0.4 is 0 Å². The Morgan fingerprint density at radius 3 is 2.24 bits per heavy atom. The van der Waals surface area contributed by atoms with Gasteiger partial charge in [-0.1, -0.05) is 31.2 Å². The number of hydrogen-bond donors (Lipinski definition) is 1. The minimum atomic E-state index is -0.774. The highest BCUT2D eigenvalue weighted by Crippen LogP contribution is 2.13. The van der Waals surface area contributed by atoms with Gasteiger partial charge in [-0.05, 0) is 24.5 Å². The van der Waals surface area contributed by atoms with E-state index in [1.54, 1.807) is 0 Å². The summed E-state index contributed by atoms with van der Waals surface area (Å²) in [4.78, 5) is 15.7. The Hall–Kier alpha value is -1.39. The molecule has 1 saturated heterocycles. The van der Waals surface area contributed by atoms with E-state index in [1.807, 2.05) is 12.1 Å². The van der Waals surface area contributed by atoms with E-state index in [-0.39, 0.29) is 6.42 Å². The number of hydrogen-bond acceptors (Lipinski definition) is 3. The molecule has 1 aromatic rings. The van der Waals surface area contributed by atoms with Crippen molar-refractivity contribution in [2.75, 3.05) is 26.2 Å². The second kappa shape index (κ2) is 7.57. The maximum Gasteiger partial charge on any atom is 0.307 e. The van der Waals surface area contributed by atoms with Crippen LogP contribution in [0, 0.1) is 0 Å². The van der Waals surface area contributed by atoms with Crippen LogP contribution in [0.1, 0.15) is 31.4 Å². The molecular weight excluding hydrogens is 264 g/mol.